The summed E-state index contributed by atoms with van der Waals surface area (Å²) < 4.78 is 18.0. The summed E-state index contributed by atoms with van der Waals surface area (Å²) in [5, 5.41) is 0. The first-order chi connectivity index (χ1) is 19.4. The Labute approximate surface area is 234 Å². The molecule has 1 unspecified atom stereocenters. The number of carbonyl (C=O) groups is 2. The summed E-state index contributed by atoms with van der Waals surface area (Å²) in [6, 6.07) is 22.7. The molecule has 1 aromatic heterocycles. The molecule has 0 spiro atoms. The van der Waals surface area contributed by atoms with Crippen LogP contribution in [0.15, 0.2) is 99.9 Å². The lowest BCUT2D eigenvalue weighted by Crippen LogP contribution is -2.40. The minimum atomic E-state index is -0.781. The van der Waals surface area contributed by atoms with Crippen molar-refractivity contribution in [2.75, 3.05) is 13.7 Å². The number of thiazole rings is 1. The van der Waals surface area contributed by atoms with Gasteiger partial charge in [0.25, 0.3) is 5.56 Å². The molecule has 8 nitrogen and oxygen atoms in total. The Bertz CT molecular complexity index is 1790. The van der Waals surface area contributed by atoms with Crippen molar-refractivity contribution in [3.05, 3.63) is 127 Å². The molecule has 0 N–H and O–H groups in total. The number of rotatable bonds is 7. The van der Waals surface area contributed by atoms with Crippen LogP contribution in [0.2, 0.25) is 0 Å². The first-order valence-corrected chi connectivity index (χ1v) is 13.4. The molecule has 0 amide bonds. The zero-order valence-corrected chi connectivity index (χ0v) is 22.9. The molecule has 0 radical (unpaired) electrons. The van der Waals surface area contributed by atoms with Crippen LogP contribution >= 0.6 is 11.3 Å². The van der Waals surface area contributed by atoms with Gasteiger partial charge in [-0.05, 0) is 67.4 Å². The predicted octanol–water partition coefficient (Wildman–Crippen LogP) is 4.38. The number of allylic oxidation sites excluding steroid dienone is 1. The monoisotopic (exact) mass is 554 g/mol. The molecular formula is C31H26N2O6S. The second kappa shape index (κ2) is 11.5. The standard InChI is InChI=1S/C31H26N2O6S/c1-4-38-30(36)26-19(2)32-31-33(27(26)21-13-15-22(16-14-21)29(35)37-3)28(34)25(40-31)18-20-9-8-12-24(17-20)39-23-10-6-5-7-11-23/h5-18,27H,4H2,1-3H3. The van der Waals surface area contributed by atoms with Gasteiger partial charge in [-0.15, -0.1) is 0 Å². The van der Waals surface area contributed by atoms with E-state index < -0.39 is 18.0 Å². The molecule has 0 saturated carbocycles. The van der Waals surface area contributed by atoms with Gasteiger partial charge < -0.3 is 14.2 Å². The number of methoxy groups -OCH3 is 1. The zero-order chi connectivity index (χ0) is 28.2. The van der Waals surface area contributed by atoms with Crippen molar-refractivity contribution in [1.29, 1.82) is 0 Å². The van der Waals surface area contributed by atoms with E-state index in [1.807, 2.05) is 54.6 Å². The highest BCUT2D eigenvalue weighted by Gasteiger charge is 2.33. The third-order valence-electron chi connectivity index (χ3n) is 6.30. The fourth-order valence-electron chi connectivity index (χ4n) is 4.47. The third-order valence-corrected chi connectivity index (χ3v) is 7.28. The molecule has 3 aromatic carbocycles. The van der Waals surface area contributed by atoms with E-state index in [9.17, 15) is 14.4 Å². The molecule has 1 atom stereocenters. The average molecular weight is 555 g/mol. The SMILES string of the molecule is CCOC(=O)C1=C(C)N=c2sc(=Cc3cccc(Oc4ccccc4)c3)c(=O)n2C1c1ccc(C(=O)OC)cc1. The number of hydrogen-bond acceptors (Lipinski definition) is 8. The van der Waals surface area contributed by atoms with Crippen molar-refractivity contribution >= 4 is 29.4 Å². The van der Waals surface area contributed by atoms with Crippen molar-refractivity contribution in [2.24, 2.45) is 4.99 Å². The molecule has 0 saturated heterocycles. The Morgan fingerprint density at radius 3 is 2.40 bits per heavy atom. The summed E-state index contributed by atoms with van der Waals surface area (Å²) in [5.41, 5.74) is 2.20. The lowest BCUT2D eigenvalue weighted by atomic mass is 9.95. The predicted molar refractivity (Wildman–Crippen MR) is 151 cm³/mol. The van der Waals surface area contributed by atoms with Gasteiger partial charge in [-0.2, -0.15) is 0 Å². The highest BCUT2D eigenvalue weighted by Crippen LogP contribution is 2.31. The Balaban J connectivity index is 1.60. The Morgan fingerprint density at radius 2 is 1.70 bits per heavy atom. The van der Waals surface area contributed by atoms with E-state index in [1.165, 1.54) is 23.0 Å². The zero-order valence-electron chi connectivity index (χ0n) is 22.1. The number of aromatic nitrogens is 1. The molecular weight excluding hydrogens is 528 g/mol. The molecule has 0 aliphatic carbocycles. The van der Waals surface area contributed by atoms with Crippen LogP contribution < -0.4 is 19.6 Å². The van der Waals surface area contributed by atoms with Gasteiger partial charge in [-0.25, -0.2) is 14.6 Å². The minimum Gasteiger partial charge on any atom is -0.465 e. The summed E-state index contributed by atoms with van der Waals surface area (Å²) >= 11 is 1.23. The normalized spacial score (nSPS) is 14.8. The van der Waals surface area contributed by atoms with E-state index in [0.29, 0.717) is 37.7 Å². The molecule has 1 aliphatic rings. The Kier molecular flexibility index (Phi) is 7.75. The van der Waals surface area contributed by atoms with Crippen molar-refractivity contribution in [1.82, 2.24) is 4.57 Å². The van der Waals surface area contributed by atoms with Gasteiger partial charge in [0.15, 0.2) is 4.80 Å². The first kappa shape index (κ1) is 26.8. The van der Waals surface area contributed by atoms with Gasteiger partial charge in [0.2, 0.25) is 0 Å². The Hall–Kier alpha value is -4.76. The molecule has 202 valence electrons. The summed E-state index contributed by atoms with van der Waals surface area (Å²) in [6.07, 6.45) is 1.78. The van der Waals surface area contributed by atoms with Gasteiger partial charge in [0, 0.05) is 0 Å². The number of para-hydroxylation sites is 1. The lowest BCUT2D eigenvalue weighted by Gasteiger charge is -2.24. The maximum Gasteiger partial charge on any atom is 0.338 e. The minimum absolute atomic E-state index is 0.176. The number of benzene rings is 3. The van der Waals surface area contributed by atoms with Crippen molar-refractivity contribution in [3.8, 4) is 11.5 Å². The van der Waals surface area contributed by atoms with E-state index in [-0.39, 0.29) is 17.7 Å². The van der Waals surface area contributed by atoms with Crippen LogP contribution in [0, 0.1) is 0 Å². The van der Waals surface area contributed by atoms with Crippen LogP contribution in [0.5, 0.6) is 11.5 Å². The number of fused-ring (bicyclic) bond motifs is 1. The summed E-state index contributed by atoms with van der Waals surface area (Å²) in [4.78, 5) is 43.9. The largest absolute Gasteiger partial charge is 0.465 e. The molecule has 2 heterocycles. The van der Waals surface area contributed by atoms with Crippen LogP contribution in [-0.2, 0) is 14.3 Å². The molecule has 0 bridgehead atoms. The fraction of sp³-hybridized carbons (Fsp3) is 0.161. The number of carbonyl (C=O) groups excluding carboxylic acids is 2. The number of ether oxygens (including phenoxy) is 3. The highest BCUT2D eigenvalue weighted by molar-refractivity contribution is 7.07. The van der Waals surface area contributed by atoms with E-state index >= 15 is 0 Å². The third kappa shape index (κ3) is 5.37. The fourth-order valence-corrected chi connectivity index (χ4v) is 5.52. The van der Waals surface area contributed by atoms with Crippen molar-refractivity contribution in [3.63, 3.8) is 0 Å². The number of esters is 2. The molecule has 40 heavy (non-hydrogen) atoms. The van der Waals surface area contributed by atoms with Gasteiger partial charge in [0.05, 0.1) is 41.1 Å². The van der Waals surface area contributed by atoms with Crippen molar-refractivity contribution < 1.29 is 23.8 Å². The Morgan fingerprint density at radius 1 is 0.975 bits per heavy atom. The van der Waals surface area contributed by atoms with E-state index in [4.69, 9.17) is 14.2 Å². The molecule has 1 aliphatic heterocycles. The maximum absolute atomic E-state index is 13.8. The van der Waals surface area contributed by atoms with Gasteiger partial charge in [0.1, 0.15) is 11.5 Å². The average Bonchev–Trinajstić information content (AvgIpc) is 3.26. The van der Waals surface area contributed by atoms with Crippen LogP contribution in [0.1, 0.15) is 41.4 Å². The summed E-state index contributed by atoms with van der Waals surface area (Å²) in [6.45, 7) is 3.62. The molecule has 5 rings (SSSR count). The van der Waals surface area contributed by atoms with Gasteiger partial charge in [-0.1, -0.05) is 53.8 Å². The summed E-state index contributed by atoms with van der Waals surface area (Å²) in [7, 11) is 1.31. The lowest BCUT2D eigenvalue weighted by molar-refractivity contribution is -0.139. The van der Waals surface area contributed by atoms with Crippen molar-refractivity contribution in [2.45, 2.75) is 19.9 Å². The molecule has 4 aromatic rings. The quantitative estimate of drug-likeness (QED) is 0.315. The van der Waals surface area contributed by atoms with Crippen LogP contribution in [-0.4, -0.2) is 30.2 Å². The topological polar surface area (TPSA) is 96.2 Å². The van der Waals surface area contributed by atoms with Gasteiger partial charge >= 0.3 is 11.9 Å². The second-order valence-electron chi connectivity index (χ2n) is 8.90. The van der Waals surface area contributed by atoms with Gasteiger partial charge in [-0.3, -0.25) is 9.36 Å². The van der Waals surface area contributed by atoms with Crippen LogP contribution in [0.3, 0.4) is 0 Å². The second-order valence-corrected chi connectivity index (χ2v) is 9.91. The highest BCUT2D eigenvalue weighted by atomic mass is 32.1. The van der Waals surface area contributed by atoms with E-state index in [1.54, 1.807) is 44.2 Å². The van der Waals surface area contributed by atoms with E-state index in [0.717, 1.165) is 5.56 Å². The van der Waals surface area contributed by atoms with Crippen LogP contribution in [0.4, 0.5) is 0 Å². The maximum atomic E-state index is 13.8. The summed E-state index contributed by atoms with van der Waals surface area (Å²) in [5.74, 6) is 0.313. The smallest absolute Gasteiger partial charge is 0.338 e. The molecule has 9 heteroatoms. The molecule has 0 fully saturated rings. The number of nitrogens with zero attached hydrogens (tertiary/aromatic N) is 2. The number of hydrogen-bond donors (Lipinski definition) is 0. The van der Waals surface area contributed by atoms with E-state index in [2.05, 4.69) is 4.99 Å². The van der Waals surface area contributed by atoms with Crippen LogP contribution in [0.25, 0.3) is 6.08 Å². The first-order valence-electron chi connectivity index (χ1n) is 12.6.